The zero-order valence-corrected chi connectivity index (χ0v) is 9.81. The van der Waals surface area contributed by atoms with Crippen LogP contribution in [0.1, 0.15) is 36.5 Å². The molecule has 2 rings (SSSR count). The molecule has 0 saturated carbocycles. The molecular weight excluding hydrogens is 210 g/mol. The standard InChI is InChI=1S/C13H16F2O/c1-8(2)11-5-10-6-13(14,15)7-16-12(10)4-9(11)3/h4-5,8H,6-7H2,1-3H3. The molecule has 0 aliphatic carbocycles. The van der Waals surface area contributed by atoms with E-state index in [2.05, 4.69) is 13.8 Å². The minimum Gasteiger partial charge on any atom is -0.487 e. The lowest BCUT2D eigenvalue weighted by Gasteiger charge is -2.26. The topological polar surface area (TPSA) is 9.23 Å². The van der Waals surface area contributed by atoms with Gasteiger partial charge in [0.2, 0.25) is 0 Å². The Hall–Kier alpha value is -1.12. The first kappa shape index (κ1) is 11.4. The summed E-state index contributed by atoms with van der Waals surface area (Å²) in [6.45, 7) is 5.62. The van der Waals surface area contributed by atoms with Gasteiger partial charge in [-0.1, -0.05) is 19.9 Å². The fraction of sp³-hybridized carbons (Fsp3) is 0.538. The van der Waals surface area contributed by atoms with Gasteiger partial charge < -0.3 is 4.74 Å². The molecule has 16 heavy (non-hydrogen) atoms. The van der Waals surface area contributed by atoms with Crippen LogP contribution < -0.4 is 4.74 Å². The van der Waals surface area contributed by atoms with E-state index >= 15 is 0 Å². The molecule has 0 atom stereocenters. The average Bonchev–Trinajstić information content (AvgIpc) is 2.16. The quantitative estimate of drug-likeness (QED) is 0.709. The maximum absolute atomic E-state index is 13.2. The van der Waals surface area contributed by atoms with Crippen molar-refractivity contribution in [1.29, 1.82) is 0 Å². The van der Waals surface area contributed by atoms with Gasteiger partial charge in [-0.2, -0.15) is 0 Å². The predicted molar refractivity (Wildman–Crippen MR) is 59.4 cm³/mol. The third-order valence-corrected chi connectivity index (χ3v) is 2.96. The first-order valence-corrected chi connectivity index (χ1v) is 5.53. The SMILES string of the molecule is Cc1cc2c(cc1C(C)C)CC(F)(F)CO2. The summed E-state index contributed by atoms with van der Waals surface area (Å²) in [6.07, 6.45) is -0.206. The van der Waals surface area contributed by atoms with Crippen LogP contribution in [0, 0.1) is 6.92 Å². The van der Waals surface area contributed by atoms with E-state index in [9.17, 15) is 8.78 Å². The Morgan fingerprint density at radius 1 is 1.31 bits per heavy atom. The summed E-state index contributed by atoms with van der Waals surface area (Å²) in [4.78, 5) is 0. The summed E-state index contributed by atoms with van der Waals surface area (Å²) in [5, 5.41) is 0. The van der Waals surface area contributed by atoms with Crippen molar-refractivity contribution in [3.05, 3.63) is 28.8 Å². The number of rotatable bonds is 1. The van der Waals surface area contributed by atoms with Crippen LogP contribution in [0.4, 0.5) is 8.78 Å². The van der Waals surface area contributed by atoms with Crippen LogP contribution in [0.5, 0.6) is 5.75 Å². The number of alkyl halides is 2. The third kappa shape index (κ3) is 2.04. The van der Waals surface area contributed by atoms with Gasteiger partial charge in [0.15, 0.2) is 6.61 Å². The Labute approximate surface area is 94.4 Å². The molecule has 0 spiro atoms. The molecule has 1 aliphatic rings. The molecule has 0 bridgehead atoms. The molecule has 1 aromatic carbocycles. The fourth-order valence-electron chi connectivity index (χ4n) is 2.15. The molecular formula is C13H16F2O. The van der Waals surface area contributed by atoms with Crippen molar-refractivity contribution in [2.75, 3.05) is 6.61 Å². The zero-order valence-electron chi connectivity index (χ0n) is 9.81. The van der Waals surface area contributed by atoms with Crippen LogP contribution >= 0.6 is 0 Å². The van der Waals surface area contributed by atoms with Crippen molar-refractivity contribution < 1.29 is 13.5 Å². The molecule has 3 heteroatoms. The monoisotopic (exact) mass is 226 g/mol. The lowest BCUT2D eigenvalue weighted by atomic mass is 9.92. The van der Waals surface area contributed by atoms with Crippen molar-refractivity contribution >= 4 is 0 Å². The second-order valence-electron chi connectivity index (χ2n) is 4.79. The van der Waals surface area contributed by atoms with Crippen molar-refractivity contribution in [1.82, 2.24) is 0 Å². The molecule has 88 valence electrons. The first-order valence-electron chi connectivity index (χ1n) is 5.53. The Kier molecular flexibility index (Phi) is 2.64. The highest BCUT2D eigenvalue weighted by atomic mass is 19.3. The van der Waals surface area contributed by atoms with Gasteiger partial charge in [-0.15, -0.1) is 0 Å². The van der Waals surface area contributed by atoms with Gasteiger partial charge in [0.1, 0.15) is 5.75 Å². The summed E-state index contributed by atoms with van der Waals surface area (Å²) in [5.41, 5.74) is 2.87. The maximum atomic E-state index is 13.2. The summed E-state index contributed by atoms with van der Waals surface area (Å²) < 4.78 is 31.5. The van der Waals surface area contributed by atoms with Gasteiger partial charge in [-0.25, -0.2) is 8.78 Å². The largest absolute Gasteiger partial charge is 0.487 e. The van der Waals surface area contributed by atoms with Gasteiger partial charge in [-0.3, -0.25) is 0 Å². The van der Waals surface area contributed by atoms with Crippen molar-refractivity contribution in [3.63, 3.8) is 0 Å². The Bertz CT molecular complexity index is 411. The number of halogens is 2. The minimum absolute atomic E-state index is 0.206. The smallest absolute Gasteiger partial charge is 0.285 e. The first-order chi connectivity index (χ1) is 7.39. The van der Waals surface area contributed by atoms with Gasteiger partial charge in [0, 0.05) is 12.0 Å². The normalized spacial score (nSPS) is 18.1. The summed E-state index contributed by atoms with van der Waals surface area (Å²) in [7, 11) is 0. The van der Waals surface area contributed by atoms with E-state index in [1.165, 1.54) is 0 Å². The van der Waals surface area contributed by atoms with Crippen molar-refractivity contribution in [2.24, 2.45) is 0 Å². The number of hydrogen-bond donors (Lipinski definition) is 0. The maximum Gasteiger partial charge on any atom is 0.285 e. The molecule has 0 fully saturated rings. The Morgan fingerprint density at radius 2 is 2.00 bits per heavy atom. The van der Waals surface area contributed by atoms with Crippen LogP contribution in [-0.4, -0.2) is 12.5 Å². The summed E-state index contributed by atoms with van der Waals surface area (Å²) in [5.74, 6) is -1.76. The van der Waals surface area contributed by atoms with Gasteiger partial charge in [0.25, 0.3) is 5.92 Å². The van der Waals surface area contributed by atoms with Crippen molar-refractivity contribution in [2.45, 2.75) is 39.0 Å². The Morgan fingerprint density at radius 3 is 2.62 bits per heavy atom. The lowest BCUT2D eigenvalue weighted by Crippen LogP contribution is -2.32. The Balaban J connectivity index is 2.44. The number of fused-ring (bicyclic) bond motifs is 1. The lowest BCUT2D eigenvalue weighted by molar-refractivity contribution is -0.0515. The highest BCUT2D eigenvalue weighted by Crippen LogP contribution is 2.36. The van der Waals surface area contributed by atoms with Crippen LogP contribution in [0.15, 0.2) is 12.1 Å². The molecule has 0 radical (unpaired) electrons. The number of benzene rings is 1. The van der Waals surface area contributed by atoms with Gasteiger partial charge >= 0.3 is 0 Å². The van der Waals surface area contributed by atoms with Gasteiger partial charge in [0.05, 0.1) is 0 Å². The van der Waals surface area contributed by atoms with Gasteiger partial charge in [-0.05, 0) is 30.0 Å². The highest BCUT2D eigenvalue weighted by molar-refractivity contribution is 5.45. The van der Waals surface area contributed by atoms with Crippen LogP contribution in [-0.2, 0) is 6.42 Å². The molecule has 1 heterocycles. The molecule has 0 N–H and O–H groups in total. The minimum atomic E-state index is -2.73. The van der Waals surface area contributed by atoms with E-state index in [4.69, 9.17) is 4.74 Å². The number of ether oxygens (including phenoxy) is 1. The van der Waals surface area contributed by atoms with E-state index in [0.29, 0.717) is 17.2 Å². The highest BCUT2D eigenvalue weighted by Gasteiger charge is 2.36. The van der Waals surface area contributed by atoms with Crippen LogP contribution in [0.25, 0.3) is 0 Å². The zero-order chi connectivity index (χ0) is 11.9. The van der Waals surface area contributed by atoms with E-state index in [0.717, 1.165) is 11.1 Å². The number of hydrogen-bond acceptors (Lipinski definition) is 1. The third-order valence-electron chi connectivity index (χ3n) is 2.96. The van der Waals surface area contributed by atoms with E-state index in [1.54, 1.807) is 0 Å². The second-order valence-corrected chi connectivity index (χ2v) is 4.79. The molecule has 1 aliphatic heterocycles. The molecule has 1 aromatic rings. The van der Waals surface area contributed by atoms with Crippen LogP contribution in [0.2, 0.25) is 0 Å². The summed E-state index contributed by atoms with van der Waals surface area (Å²) >= 11 is 0. The summed E-state index contributed by atoms with van der Waals surface area (Å²) in [6, 6.07) is 3.74. The van der Waals surface area contributed by atoms with E-state index in [-0.39, 0.29) is 6.42 Å². The van der Waals surface area contributed by atoms with Crippen molar-refractivity contribution in [3.8, 4) is 5.75 Å². The van der Waals surface area contributed by atoms with E-state index in [1.807, 2.05) is 19.1 Å². The predicted octanol–water partition coefficient (Wildman–Crippen LogP) is 3.69. The number of aryl methyl sites for hydroxylation is 1. The van der Waals surface area contributed by atoms with Crippen LogP contribution in [0.3, 0.4) is 0 Å². The average molecular weight is 226 g/mol. The second kappa shape index (κ2) is 3.72. The van der Waals surface area contributed by atoms with E-state index < -0.39 is 12.5 Å². The molecule has 0 saturated heterocycles. The fourth-order valence-corrected chi connectivity index (χ4v) is 2.15. The molecule has 0 amide bonds. The molecule has 0 aromatic heterocycles. The molecule has 1 nitrogen and oxygen atoms in total. The molecule has 0 unspecified atom stereocenters.